The summed E-state index contributed by atoms with van der Waals surface area (Å²) in [6.45, 7) is 6.69. The molecule has 0 spiro atoms. The normalized spacial score (nSPS) is 20.1. The van der Waals surface area contributed by atoms with Crippen molar-refractivity contribution in [3.05, 3.63) is 17.4 Å². The zero-order valence-electron chi connectivity index (χ0n) is 17.4. The predicted octanol–water partition coefficient (Wildman–Crippen LogP) is 2.95. The number of benzene rings is 1. The number of hydrogen-bond acceptors (Lipinski definition) is 6. The van der Waals surface area contributed by atoms with Crippen molar-refractivity contribution in [2.75, 3.05) is 42.6 Å². The predicted molar refractivity (Wildman–Crippen MR) is 112 cm³/mol. The van der Waals surface area contributed by atoms with E-state index >= 15 is 4.39 Å². The molecule has 0 unspecified atom stereocenters. The molecule has 2 heterocycles. The van der Waals surface area contributed by atoms with Gasteiger partial charge in [0, 0.05) is 18.1 Å². The highest BCUT2D eigenvalue weighted by atomic mass is 19.1. The van der Waals surface area contributed by atoms with E-state index in [0.29, 0.717) is 12.2 Å². The van der Waals surface area contributed by atoms with Crippen LogP contribution in [0.2, 0.25) is 0 Å². The number of Topliss-reactive ketones (excluding diaryl/α,β-unsaturated/α-hetero) is 1. The van der Waals surface area contributed by atoms with Gasteiger partial charge in [-0.2, -0.15) is 0 Å². The minimum Gasteiger partial charge on any atom is -0.481 e. The van der Waals surface area contributed by atoms with Crippen molar-refractivity contribution in [1.29, 1.82) is 0 Å². The molecule has 0 bridgehead atoms. The van der Waals surface area contributed by atoms with E-state index in [1.807, 2.05) is 0 Å². The molecule has 0 radical (unpaired) electrons. The van der Waals surface area contributed by atoms with E-state index in [0.717, 1.165) is 38.8 Å². The fourth-order valence-corrected chi connectivity index (χ4v) is 4.43. The van der Waals surface area contributed by atoms with Crippen LogP contribution in [0.4, 0.5) is 21.5 Å². The quantitative estimate of drug-likeness (QED) is 0.379. The summed E-state index contributed by atoms with van der Waals surface area (Å²) >= 11 is 0. The third kappa shape index (κ3) is 4.47. The molecule has 2 fully saturated rings. The van der Waals surface area contributed by atoms with Gasteiger partial charge >= 0.3 is 5.97 Å². The van der Waals surface area contributed by atoms with E-state index in [-0.39, 0.29) is 28.5 Å². The summed E-state index contributed by atoms with van der Waals surface area (Å²) in [4.78, 5) is 28.1. The van der Waals surface area contributed by atoms with E-state index < -0.39 is 24.0 Å². The Morgan fingerprint density at radius 2 is 1.97 bits per heavy atom. The van der Waals surface area contributed by atoms with Gasteiger partial charge in [-0.15, -0.1) is 0 Å². The summed E-state index contributed by atoms with van der Waals surface area (Å²) in [7, 11) is 2.06. The molecule has 4 N–H and O–H groups in total. The topological polar surface area (TPSA) is 98.9 Å². The monoisotopic (exact) mass is 406 g/mol. The minimum atomic E-state index is -1.25. The summed E-state index contributed by atoms with van der Waals surface area (Å²) in [6, 6.07) is 1.77. The molecule has 0 amide bonds. The van der Waals surface area contributed by atoms with Crippen LogP contribution in [0, 0.1) is 5.82 Å². The average molecular weight is 407 g/mol. The first kappa shape index (κ1) is 21.4. The maximum Gasteiger partial charge on any atom is 0.311 e. The van der Waals surface area contributed by atoms with Gasteiger partial charge in [-0.3, -0.25) is 9.59 Å². The molecule has 0 aliphatic carbocycles. The molecule has 7 nitrogen and oxygen atoms in total. The molecule has 160 valence electrons. The van der Waals surface area contributed by atoms with E-state index in [1.54, 1.807) is 6.07 Å². The summed E-state index contributed by atoms with van der Waals surface area (Å²) in [5.41, 5.74) is 6.36. The van der Waals surface area contributed by atoms with Gasteiger partial charge in [0.2, 0.25) is 0 Å². The molecule has 29 heavy (non-hydrogen) atoms. The second kappa shape index (κ2) is 8.18. The van der Waals surface area contributed by atoms with Gasteiger partial charge in [0.15, 0.2) is 11.6 Å². The fourth-order valence-electron chi connectivity index (χ4n) is 4.43. The maximum absolute atomic E-state index is 15.1. The molecule has 2 aliphatic rings. The molecule has 1 aromatic rings. The fraction of sp³-hybridized carbons (Fsp3) is 0.619. The van der Waals surface area contributed by atoms with Crippen LogP contribution in [0.15, 0.2) is 6.07 Å². The number of nitrogens with zero attached hydrogens (tertiary/aromatic N) is 2. The van der Waals surface area contributed by atoms with Gasteiger partial charge in [0.05, 0.1) is 22.6 Å². The molecular formula is C21H31FN4O3. The Labute approximate surface area is 171 Å². The highest BCUT2D eigenvalue weighted by Crippen LogP contribution is 2.41. The molecule has 0 saturated carbocycles. The largest absolute Gasteiger partial charge is 0.481 e. The van der Waals surface area contributed by atoms with Gasteiger partial charge in [-0.25, -0.2) is 4.39 Å². The zero-order chi connectivity index (χ0) is 21.3. The number of carbonyl (C=O) groups excluding carboxylic acids is 1. The van der Waals surface area contributed by atoms with Gasteiger partial charge in [0.1, 0.15) is 6.42 Å². The Bertz CT molecular complexity index is 804. The Kier molecular flexibility index (Phi) is 6.03. The first-order chi connectivity index (χ1) is 13.6. The van der Waals surface area contributed by atoms with Gasteiger partial charge < -0.3 is 26.0 Å². The standard InChI is InChI=1S/C21H31FN4O3/c1-21(2)7-4-8-26(21)15-11-14(24-13-5-9-25(3)10-6-13)19(22)20(23)18(15)16(27)12-17(28)29/h11,13,24H,4-10,12,23H2,1-3H3,(H,28,29). The van der Waals surface area contributed by atoms with Gasteiger partial charge in [-0.1, -0.05) is 0 Å². The number of carboxylic acid groups (broad SMARTS) is 1. The van der Waals surface area contributed by atoms with Crippen LogP contribution in [0.5, 0.6) is 0 Å². The smallest absolute Gasteiger partial charge is 0.311 e. The number of hydrogen-bond donors (Lipinski definition) is 3. The molecule has 2 saturated heterocycles. The van der Waals surface area contributed by atoms with Crippen LogP contribution in [0.1, 0.15) is 56.3 Å². The lowest BCUT2D eigenvalue weighted by atomic mass is 9.96. The van der Waals surface area contributed by atoms with Crippen molar-refractivity contribution in [3.8, 4) is 0 Å². The summed E-state index contributed by atoms with van der Waals surface area (Å²) in [5.74, 6) is -2.61. The lowest BCUT2D eigenvalue weighted by molar-refractivity contribution is -0.135. The summed E-state index contributed by atoms with van der Waals surface area (Å²) in [5, 5.41) is 12.3. The lowest BCUT2D eigenvalue weighted by Crippen LogP contribution is -2.40. The highest BCUT2D eigenvalue weighted by molar-refractivity contribution is 6.13. The van der Waals surface area contributed by atoms with Crippen LogP contribution in [-0.4, -0.2) is 60.0 Å². The van der Waals surface area contributed by atoms with Crippen molar-refractivity contribution in [2.24, 2.45) is 0 Å². The highest BCUT2D eigenvalue weighted by Gasteiger charge is 2.36. The van der Waals surface area contributed by atoms with E-state index in [4.69, 9.17) is 10.8 Å². The van der Waals surface area contributed by atoms with Crippen molar-refractivity contribution >= 4 is 28.8 Å². The second-order valence-corrected chi connectivity index (χ2v) is 8.83. The lowest BCUT2D eigenvalue weighted by Gasteiger charge is -2.36. The van der Waals surface area contributed by atoms with E-state index in [9.17, 15) is 9.59 Å². The number of nitrogens with two attached hydrogens (primary N) is 1. The maximum atomic E-state index is 15.1. The summed E-state index contributed by atoms with van der Waals surface area (Å²) < 4.78 is 15.1. The number of anilines is 3. The Morgan fingerprint density at radius 3 is 2.52 bits per heavy atom. The second-order valence-electron chi connectivity index (χ2n) is 8.83. The molecule has 0 aromatic heterocycles. The third-order valence-electron chi connectivity index (χ3n) is 6.14. The van der Waals surface area contributed by atoms with Crippen LogP contribution in [-0.2, 0) is 4.79 Å². The van der Waals surface area contributed by atoms with Crippen LogP contribution in [0.3, 0.4) is 0 Å². The van der Waals surface area contributed by atoms with Crippen molar-refractivity contribution < 1.29 is 19.1 Å². The Balaban J connectivity index is 2.03. The third-order valence-corrected chi connectivity index (χ3v) is 6.14. The average Bonchev–Trinajstić information content (AvgIpc) is 2.99. The number of piperidine rings is 1. The van der Waals surface area contributed by atoms with E-state index in [1.165, 1.54) is 0 Å². The molecule has 0 atom stereocenters. The molecule has 2 aliphatic heterocycles. The van der Waals surface area contributed by atoms with Crippen LogP contribution < -0.4 is 16.0 Å². The molecule has 3 rings (SSSR count). The SMILES string of the molecule is CN1CCC(Nc2cc(N3CCCC3(C)C)c(C(=O)CC(=O)O)c(N)c2F)CC1. The number of carboxylic acids is 1. The van der Waals surface area contributed by atoms with E-state index in [2.05, 4.69) is 36.0 Å². The Hall–Kier alpha value is -2.35. The van der Waals surface area contributed by atoms with Gasteiger partial charge in [-0.05, 0) is 65.7 Å². The number of likely N-dealkylation sites (tertiary alicyclic amines) is 1. The minimum absolute atomic E-state index is 0.0196. The Morgan fingerprint density at radius 1 is 1.31 bits per heavy atom. The number of nitrogen functional groups attached to an aromatic ring is 1. The number of aliphatic carboxylic acids is 1. The number of carbonyl (C=O) groups is 2. The van der Waals surface area contributed by atoms with Crippen molar-refractivity contribution in [2.45, 2.75) is 57.5 Å². The first-order valence-electron chi connectivity index (χ1n) is 10.2. The summed E-state index contributed by atoms with van der Waals surface area (Å²) in [6.07, 6.45) is 2.93. The van der Waals surface area contributed by atoms with Gasteiger partial charge in [0.25, 0.3) is 0 Å². The van der Waals surface area contributed by atoms with Crippen LogP contribution >= 0.6 is 0 Å². The van der Waals surface area contributed by atoms with Crippen molar-refractivity contribution in [1.82, 2.24) is 4.90 Å². The number of ketones is 1. The molecule has 1 aromatic carbocycles. The molecular weight excluding hydrogens is 375 g/mol. The molecule has 8 heteroatoms. The van der Waals surface area contributed by atoms with Crippen molar-refractivity contribution in [3.63, 3.8) is 0 Å². The number of nitrogens with one attached hydrogen (secondary N) is 1. The number of rotatable bonds is 6. The van der Waals surface area contributed by atoms with Crippen LogP contribution in [0.25, 0.3) is 0 Å². The number of halogens is 1. The zero-order valence-corrected chi connectivity index (χ0v) is 17.4. The first-order valence-corrected chi connectivity index (χ1v) is 10.2.